The molecule has 0 radical (unpaired) electrons. The Bertz CT molecular complexity index is 307. The van der Waals surface area contributed by atoms with Crippen LogP contribution in [0, 0.1) is 5.41 Å². The molecule has 2 N–H and O–H groups in total. The smallest absolute Gasteiger partial charge is 0.225 e. The van der Waals surface area contributed by atoms with Crippen molar-refractivity contribution in [2.75, 3.05) is 0 Å². The first-order valence-electron chi connectivity index (χ1n) is 7.16. The molecule has 1 amide bonds. The van der Waals surface area contributed by atoms with Crippen molar-refractivity contribution < 1.29 is 14.6 Å². The van der Waals surface area contributed by atoms with Crippen LogP contribution in [0.3, 0.4) is 0 Å². The predicted molar refractivity (Wildman–Crippen MR) is 75.5 cm³/mol. The largest absolute Gasteiger partial charge is 0.365 e. The fourth-order valence-electron chi connectivity index (χ4n) is 2.14. The summed E-state index contributed by atoms with van der Waals surface area (Å²) in [5.41, 5.74) is -0.299. The molecule has 0 spiro atoms. The fourth-order valence-corrected chi connectivity index (χ4v) is 2.14. The molecule has 0 saturated heterocycles. The van der Waals surface area contributed by atoms with Crippen molar-refractivity contribution in [3.63, 3.8) is 0 Å². The van der Waals surface area contributed by atoms with Gasteiger partial charge in [-0.1, -0.05) is 27.4 Å². The molecule has 1 aliphatic carbocycles. The van der Waals surface area contributed by atoms with Crippen molar-refractivity contribution >= 4 is 5.91 Å². The zero-order valence-electron chi connectivity index (χ0n) is 12.3. The number of hydrogen-bond donors (Lipinski definition) is 2. The third kappa shape index (κ3) is 4.96. The van der Waals surface area contributed by atoms with E-state index in [1.807, 2.05) is 20.8 Å². The van der Waals surface area contributed by atoms with Gasteiger partial charge in [0.25, 0.3) is 0 Å². The lowest BCUT2D eigenvalue weighted by molar-refractivity contribution is -0.132. The first-order chi connectivity index (χ1) is 8.89. The summed E-state index contributed by atoms with van der Waals surface area (Å²) in [6, 6.07) is 0.235. The van der Waals surface area contributed by atoms with Gasteiger partial charge in [-0.05, 0) is 38.2 Å². The Labute approximate surface area is 116 Å². The van der Waals surface area contributed by atoms with E-state index in [4.69, 9.17) is 4.74 Å². The number of ether oxygens (including phenoxy) is 1. The molecule has 110 valence electrons. The fraction of sp³-hybridized carbons (Fsp3) is 0.800. The standard InChI is InChI=1S/C15H27NO3/c1-5-13(17)19-12-9-7-11(8-10-12)16-14(18)15(3,4)6-2/h5,11-13,17H,1,6-10H2,2-4H3,(H,16,18). The minimum absolute atomic E-state index is 0.0698. The predicted octanol–water partition coefficient (Wildman–Crippen LogP) is 2.37. The molecule has 19 heavy (non-hydrogen) atoms. The second-order valence-electron chi connectivity index (χ2n) is 5.95. The summed E-state index contributed by atoms with van der Waals surface area (Å²) >= 11 is 0. The third-order valence-corrected chi connectivity index (χ3v) is 4.04. The summed E-state index contributed by atoms with van der Waals surface area (Å²) < 4.78 is 5.41. The van der Waals surface area contributed by atoms with Crippen molar-refractivity contribution in [3.05, 3.63) is 12.7 Å². The molecule has 0 aromatic rings. The van der Waals surface area contributed by atoms with Crippen LogP contribution < -0.4 is 5.32 Å². The number of carbonyl (C=O) groups excluding carboxylic acids is 1. The van der Waals surface area contributed by atoms with Crippen LogP contribution in [0.4, 0.5) is 0 Å². The maximum atomic E-state index is 12.1. The number of aliphatic hydroxyl groups is 1. The van der Waals surface area contributed by atoms with Crippen molar-refractivity contribution in [3.8, 4) is 0 Å². The van der Waals surface area contributed by atoms with Gasteiger partial charge in [0.2, 0.25) is 5.91 Å². The highest BCUT2D eigenvalue weighted by Crippen LogP contribution is 2.25. The van der Waals surface area contributed by atoms with Crippen molar-refractivity contribution in [2.45, 2.75) is 71.3 Å². The second kappa shape index (κ2) is 7.06. The van der Waals surface area contributed by atoms with Crippen molar-refractivity contribution in [1.29, 1.82) is 0 Å². The van der Waals surface area contributed by atoms with Gasteiger partial charge in [-0.25, -0.2) is 0 Å². The van der Waals surface area contributed by atoms with E-state index in [2.05, 4.69) is 11.9 Å². The monoisotopic (exact) mass is 269 g/mol. The van der Waals surface area contributed by atoms with Gasteiger partial charge in [0.05, 0.1) is 6.10 Å². The Hall–Kier alpha value is -0.870. The molecule has 1 aliphatic rings. The molecule has 1 fully saturated rings. The molecule has 1 saturated carbocycles. The van der Waals surface area contributed by atoms with E-state index in [1.165, 1.54) is 6.08 Å². The molecule has 1 atom stereocenters. The molecule has 4 nitrogen and oxygen atoms in total. The van der Waals surface area contributed by atoms with Gasteiger partial charge in [-0.15, -0.1) is 0 Å². The number of hydrogen-bond acceptors (Lipinski definition) is 3. The van der Waals surface area contributed by atoms with Crippen LogP contribution in [0.5, 0.6) is 0 Å². The molecule has 4 heteroatoms. The Morgan fingerprint density at radius 3 is 2.53 bits per heavy atom. The highest BCUT2D eigenvalue weighted by molar-refractivity contribution is 5.81. The van der Waals surface area contributed by atoms with Gasteiger partial charge in [-0.3, -0.25) is 4.79 Å². The van der Waals surface area contributed by atoms with E-state index in [0.717, 1.165) is 32.1 Å². The summed E-state index contributed by atoms with van der Waals surface area (Å²) in [7, 11) is 0. The quantitative estimate of drug-likeness (QED) is 0.575. The maximum Gasteiger partial charge on any atom is 0.225 e. The first-order valence-corrected chi connectivity index (χ1v) is 7.16. The Kier molecular flexibility index (Phi) is 6.01. The van der Waals surface area contributed by atoms with Crippen LogP contribution in [0.2, 0.25) is 0 Å². The van der Waals surface area contributed by atoms with Gasteiger partial charge < -0.3 is 15.2 Å². The first kappa shape index (κ1) is 16.2. The Morgan fingerprint density at radius 2 is 2.05 bits per heavy atom. The van der Waals surface area contributed by atoms with Crippen molar-refractivity contribution in [2.24, 2.45) is 5.41 Å². The lowest BCUT2D eigenvalue weighted by Crippen LogP contribution is -2.45. The normalized spacial score (nSPS) is 25.7. The molecule has 0 heterocycles. The topological polar surface area (TPSA) is 58.6 Å². The van der Waals surface area contributed by atoms with E-state index < -0.39 is 6.29 Å². The van der Waals surface area contributed by atoms with E-state index in [0.29, 0.717) is 0 Å². The molecule has 0 aromatic heterocycles. The molecule has 0 bridgehead atoms. The molecule has 1 unspecified atom stereocenters. The van der Waals surface area contributed by atoms with E-state index >= 15 is 0 Å². The van der Waals surface area contributed by atoms with Gasteiger partial charge in [0, 0.05) is 11.5 Å². The second-order valence-corrected chi connectivity index (χ2v) is 5.95. The number of rotatable bonds is 6. The van der Waals surface area contributed by atoms with Gasteiger partial charge in [0.1, 0.15) is 0 Å². The third-order valence-electron chi connectivity index (χ3n) is 4.04. The van der Waals surface area contributed by atoms with Gasteiger partial charge >= 0.3 is 0 Å². The summed E-state index contributed by atoms with van der Waals surface area (Å²) in [6.45, 7) is 9.45. The number of nitrogens with one attached hydrogen (secondary N) is 1. The van der Waals surface area contributed by atoms with Gasteiger partial charge in [0.15, 0.2) is 6.29 Å². The maximum absolute atomic E-state index is 12.1. The minimum Gasteiger partial charge on any atom is -0.365 e. The molecular formula is C15H27NO3. The average Bonchev–Trinajstić information content (AvgIpc) is 2.40. The molecule has 1 rings (SSSR count). The highest BCUT2D eigenvalue weighted by Gasteiger charge is 2.29. The van der Waals surface area contributed by atoms with Crippen LogP contribution in [0.25, 0.3) is 0 Å². The SMILES string of the molecule is C=CC(O)OC1CCC(NC(=O)C(C)(C)CC)CC1. The molecular weight excluding hydrogens is 242 g/mol. The number of amides is 1. The summed E-state index contributed by atoms with van der Waals surface area (Å²) in [5.74, 6) is 0.130. The number of carbonyl (C=O) groups is 1. The summed E-state index contributed by atoms with van der Waals surface area (Å²) in [6.07, 6.45) is 4.95. The minimum atomic E-state index is -0.879. The highest BCUT2D eigenvalue weighted by atomic mass is 16.6. The van der Waals surface area contributed by atoms with E-state index in [9.17, 15) is 9.90 Å². The van der Waals surface area contributed by atoms with Crippen LogP contribution in [-0.4, -0.2) is 29.4 Å². The van der Waals surface area contributed by atoms with Crippen LogP contribution in [0.15, 0.2) is 12.7 Å². The lowest BCUT2D eigenvalue weighted by atomic mass is 9.87. The Balaban J connectivity index is 2.34. The van der Waals surface area contributed by atoms with Gasteiger partial charge in [-0.2, -0.15) is 0 Å². The van der Waals surface area contributed by atoms with Crippen molar-refractivity contribution in [1.82, 2.24) is 5.32 Å². The van der Waals surface area contributed by atoms with E-state index in [-0.39, 0.29) is 23.5 Å². The zero-order valence-corrected chi connectivity index (χ0v) is 12.3. The lowest BCUT2D eigenvalue weighted by Gasteiger charge is -2.32. The Morgan fingerprint density at radius 1 is 1.47 bits per heavy atom. The average molecular weight is 269 g/mol. The summed E-state index contributed by atoms with van der Waals surface area (Å²) in [5, 5.41) is 12.5. The van der Waals surface area contributed by atoms with Crippen LogP contribution in [-0.2, 0) is 9.53 Å². The van der Waals surface area contributed by atoms with Crippen LogP contribution in [0.1, 0.15) is 52.9 Å². The zero-order chi connectivity index (χ0) is 14.5. The van der Waals surface area contributed by atoms with Crippen LogP contribution >= 0.6 is 0 Å². The molecule has 0 aliphatic heterocycles. The summed E-state index contributed by atoms with van der Waals surface area (Å²) in [4.78, 5) is 12.1. The number of aliphatic hydroxyl groups excluding tert-OH is 1. The molecule has 0 aromatic carbocycles. The van der Waals surface area contributed by atoms with E-state index in [1.54, 1.807) is 0 Å².